The molecular formula is C16H19ClN2O. The maximum absolute atomic E-state index is 5.87. The lowest BCUT2D eigenvalue weighted by Gasteiger charge is -2.13. The second-order valence-corrected chi connectivity index (χ2v) is 5.37. The first-order valence-corrected chi connectivity index (χ1v) is 7.06. The number of halogens is 1. The van der Waals surface area contributed by atoms with Gasteiger partial charge in [-0.1, -0.05) is 37.6 Å². The third-order valence-corrected chi connectivity index (χ3v) is 3.13. The van der Waals surface area contributed by atoms with E-state index in [2.05, 4.69) is 24.1 Å². The third-order valence-electron chi connectivity index (χ3n) is 2.88. The Hall–Kier alpha value is -1.58. The summed E-state index contributed by atoms with van der Waals surface area (Å²) >= 11 is 5.87. The first-order valence-electron chi connectivity index (χ1n) is 6.68. The Morgan fingerprint density at radius 1 is 1.20 bits per heavy atom. The Labute approximate surface area is 124 Å². The molecule has 3 nitrogen and oxygen atoms in total. The fraction of sp³-hybridized carbons (Fsp3) is 0.312. The molecule has 0 aliphatic carbocycles. The average Bonchev–Trinajstić information content (AvgIpc) is 2.45. The van der Waals surface area contributed by atoms with E-state index in [1.165, 1.54) is 0 Å². The second-order valence-electron chi connectivity index (χ2n) is 4.93. The van der Waals surface area contributed by atoms with Crippen LogP contribution >= 0.6 is 11.6 Å². The molecule has 0 bridgehead atoms. The minimum atomic E-state index is 0.437. The molecule has 0 spiro atoms. The molecule has 0 unspecified atom stereocenters. The lowest BCUT2D eigenvalue weighted by Crippen LogP contribution is -2.22. The Balaban J connectivity index is 1.99. The summed E-state index contributed by atoms with van der Waals surface area (Å²) in [7, 11) is 0. The smallest absolute Gasteiger partial charge is 0.142 e. The Morgan fingerprint density at radius 2 is 1.95 bits per heavy atom. The molecule has 4 heteroatoms. The normalized spacial score (nSPS) is 10.8. The summed E-state index contributed by atoms with van der Waals surface area (Å²) in [5, 5.41) is 4.12. The van der Waals surface area contributed by atoms with Gasteiger partial charge in [-0.15, -0.1) is 0 Å². The Bertz CT molecular complexity index is 540. The predicted molar refractivity (Wildman–Crippen MR) is 82.0 cm³/mol. The highest BCUT2D eigenvalue weighted by atomic mass is 35.5. The van der Waals surface area contributed by atoms with Crippen LogP contribution in [0.15, 0.2) is 42.7 Å². The lowest BCUT2D eigenvalue weighted by atomic mass is 10.2. The van der Waals surface area contributed by atoms with Gasteiger partial charge in [0, 0.05) is 29.4 Å². The fourth-order valence-electron chi connectivity index (χ4n) is 1.74. The van der Waals surface area contributed by atoms with Crippen LogP contribution in [0.1, 0.15) is 25.0 Å². The maximum atomic E-state index is 5.87. The van der Waals surface area contributed by atoms with Crippen LogP contribution in [0.4, 0.5) is 0 Å². The molecule has 106 valence electrons. The predicted octanol–water partition coefficient (Wildman–Crippen LogP) is 3.81. The van der Waals surface area contributed by atoms with E-state index in [-0.39, 0.29) is 0 Å². The molecule has 0 saturated heterocycles. The number of hydrogen-bond donors (Lipinski definition) is 1. The highest BCUT2D eigenvalue weighted by Gasteiger charge is 2.05. The van der Waals surface area contributed by atoms with Crippen LogP contribution in [0.5, 0.6) is 5.75 Å². The number of nitrogens with zero attached hydrogens (tertiary/aromatic N) is 1. The Kier molecular flexibility index (Phi) is 5.39. The van der Waals surface area contributed by atoms with Crippen molar-refractivity contribution >= 4 is 11.6 Å². The topological polar surface area (TPSA) is 34.2 Å². The van der Waals surface area contributed by atoms with Crippen molar-refractivity contribution < 1.29 is 4.74 Å². The summed E-state index contributed by atoms with van der Waals surface area (Å²) in [6.45, 7) is 5.53. The quantitative estimate of drug-likeness (QED) is 0.878. The van der Waals surface area contributed by atoms with E-state index in [0.717, 1.165) is 28.4 Å². The minimum Gasteiger partial charge on any atom is -0.487 e. The van der Waals surface area contributed by atoms with E-state index in [0.29, 0.717) is 12.6 Å². The average molecular weight is 291 g/mol. The zero-order valence-electron chi connectivity index (χ0n) is 11.8. The molecule has 2 rings (SSSR count). The van der Waals surface area contributed by atoms with E-state index in [1.54, 1.807) is 12.4 Å². The van der Waals surface area contributed by atoms with Gasteiger partial charge < -0.3 is 10.1 Å². The highest BCUT2D eigenvalue weighted by molar-refractivity contribution is 6.30. The zero-order chi connectivity index (χ0) is 14.4. The minimum absolute atomic E-state index is 0.437. The summed E-state index contributed by atoms with van der Waals surface area (Å²) in [6, 6.07) is 10.1. The lowest BCUT2D eigenvalue weighted by molar-refractivity contribution is 0.300. The summed E-state index contributed by atoms with van der Waals surface area (Å²) in [6.07, 6.45) is 3.54. The molecule has 2 aromatic rings. The van der Waals surface area contributed by atoms with Gasteiger partial charge in [0.15, 0.2) is 0 Å². The number of nitrogens with one attached hydrogen (secondary N) is 1. The van der Waals surface area contributed by atoms with E-state index in [1.807, 2.05) is 30.3 Å². The van der Waals surface area contributed by atoms with Crippen LogP contribution in [0.2, 0.25) is 5.02 Å². The molecule has 0 saturated carbocycles. The van der Waals surface area contributed by atoms with Gasteiger partial charge in [0.1, 0.15) is 12.4 Å². The van der Waals surface area contributed by atoms with Crippen LogP contribution in [0, 0.1) is 0 Å². The molecule has 1 aromatic heterocycles. The molecule has 0 atom stereocenters. The van der Waals surface area contributed by atoms with Crippen LogP contribution in [-0.4, -0.2) is 11.0 Å². The molecule has 0 amide bonds. The first-order chi connectivity index (χ1) is 9.65. The van der Waals surface area contributed by atoms with Crippen molar-refractivity contribution in [2.45, 2.75) is 33.0 Å². The van der Waals surface area contributed by atoms with Gasteiger partial charge in [0.2, 0.25) is 0 Å². The molecule has 0 radical (unpaired) electrons. The zero-order valence-corrected chi connectivity index (χ0v) is 12.5. The Morgan fingerprint density at radius 3 is 2.65 bits per heavy atom. The molecule has 0 aliphatic rings. The van der Waals surface area contributed by atoms with Crippen molar-refractivity contribution in [2.75, 3.05) is 0 Å². The van der Waals surface area contributed by atoms with E-state index in [4.69, 9.17) is 16.3 Å². The molecule has 1 heterocycles. The highest BCUT2D eigenvalue weighted by Crippen LogP contribution is 2.18. The number of benzene rings is 1. The summed E-state index contributed by atoms with van der Waals surface area (Å²) in [5.74, 6) is 0.815. The molecule has 1 N–H and O–H groups in total. The second kappa shape index (κ2) is 7.27. The van der Waals surface area contributed by atoms with Gasteiger partial charge >= 0.3 is 0 Å². The number of ether oxygens (including phenoxy) is 1. The number of rotatable bonds is 6. The van der Waals surface area contributed by atoms with Gasteiger partial charge in [0.05, 0.1) is 6.20 Å². The van der Waals surface area contributed by atoms with Crippen LogP contribution in [0.25, 0.3) is 0 Å². The van der Waals surface area contributed by atoms with Crippen LogP contribution in [-0.2, 0) is 13.2 Å². The number of aromatic nitrogens is 1. The van der Waals surface area contributed by atoms with Gasteiger partial charge in [-0.25, -0.2) is 0 Å². The molecular weight excluding hydrogens is 272 g/mol. The van der Waals surface area contributed by atoms with Gasteiger partial charge in [-0.05, 0) is 23.8 Å². The standard InChI is InChI=1S/C16H19ClN2O/c1-12(2)19-9-14-7-8-18-10-16(14)20-11-13-3-5-15(17)6-4-13/h3-8,10,12,19H,9,11H2,1-2H3. The number of hydrogen-bond acceptors (Lipinski definition) is 3. The molecule has 0 fully saturated rings. The molecule has 20 heavy (non-hydrogen) atoms. The van der Waals surface area contributed by atoms with Crippen LogP contribution in [0.3, 0.4) is 0 Å². The van der Waals surface area contributed by atoms with Gasteiger partial charge in [-0.3, -0.25) is 4.98 Å². The fourth-order valence-corrected chi connectivity index (χ4v) is 1.87. The summed E-state index contributed by atoms with van der Waals surface area (Å²) in [4.78, 5) is 4.12. The van der Waals surface area contributed by atoms with Gasteiger partial charge in [-0.2, -0.15) is 0 Å². The van der Waals surface area contributed by atoms with Crippen molar-refractivity contribution in [3.63, 3.8) is 0 Å². The van der Waals surface area contributed by atoms with Crippen molar-refractivity contribution in [1.29, 1.82) is 0 Å². The summed E-state index contributed by atoms with van der Waals surface area (Å²) < 4.78 is 5.85. The van der Waals surface area contributed by atoms with Crippen molar-refractivity contribution in [3.8, 4) is 5.75 Å². The van der Waals surface area contributed by atoms with Crippen LogP contribution < -0.4 is 10.1 Å². The molecule has 1 aromatic carbocycles. The van der Waals surface area contributed by atoms with Crippen molar-refractivity contribution in [1.82, 2.24) is 10.3 Å². The monoisotopic (exact) mass is 290 g/mol. The molecule has 0 aliphatic heterocycles. The first kappa shape index (κ1) is 14.8. The van der Waals surface area contributed by atoms with Gasteiger partial charge in [0.25, 0.3) is 0 Å². The van der Waals surface area contributed by atoms with E-state index >= 15 is 0 Å². The van der Waals surface area contributed by atoms with Crippen molar-refractivity contribution in [2.24, 2.45) is 0 Å². The van der Waals surface area contributed by atoms with E-state index < -0.39 is 0 Å². The van der Waals surface area contributed by atoms with E-state index in [9.17, 15) is 0 Å². The van der Waals surface area contributed by atoms with Crippen molar-refractivity contribution in [3.05, 3.63) is 58.9 Å². The summed E-state index contributed by atoms with van der Waals surface area (Å²) in [5.41, 5.74) is 2.20. The maximum Gasteiger partial charge on any atom is 0.142 e. The number of pyridine rings is 1. The SMILES string of the molecule is CC(C)NCc1ccncc1OCc1ccc(Cl)cc1. The largest absolute Gasteiger partial charge is 0.487 e. The third kappa shape index (κ3) is 4.51.